The Labute approximate surface area is 144 Å². The minimum absolute atomic E-state index is 0.185. The standard InChI is InChI=1S/C12H9BrCl2N2O2S2/c1-16-21(19,11-5-4-10(13)20-11)17-12(18)8-3-2-7(14)6-9(8)15/h2-6H,1H3,(H,16,17,18,19). The zero-order chi connectivity index (χ0) is 15.6. The Bertz CT molecular complexity index is 813. The van der Waals surface area contributed by atoms with Gasteiger partial charge < -0.3 is 0 Å². The average molecular weight is 428 g/mol. The molecule has 1 atom stereocenters. The van der Waals surface area contributed by atoms with Crippen LogP contribution in [-0.2, 0) is 9.92 Å². The van der Waals surface area contributed by atoms with E-state index in [-0.39, 0.29) is 10.6 Å². The number of amides is 1. The quantitative estimate of drug-likeness (QED) is 0.776. The lowest BCUT2D eigenvalue weighted by Gasteiger charge is -2.10. The maximum Gasteiger partial charge on any atom is 0.265 e. The number of rotatable bonds is 3. The minimum Gasteiger partial charge on any atom is -0.268 e. The van der Waals surface area contributed by atoms with E-state index in [2.05, 4.69) is 25.0 Å². The van der Waals surface area contributed by atoms with Crippen LogP contribution in [0, 0.1) is 0 Å². The van der Waals surface area contributed by atoms with Gasteiger partial charge in [0.05, 0.1) is 14.4 Å². The van der Waals surface area contributed by atoms with E-state index in [0.29, 0.717) is 9.23 Å². The smallest absolute Gasteiger partial charge is 0.265 e. The third kappa shape index (κ3) is 3.78. The number of thiophene rings is 1. The van der Waals surface area contributed by atoms with Crippen LogP contribution in [0.1, 0.15) is 10.4 Å². The summed E-state index contributed by atoms with van der Waals surface area (Å²) in [5.74, 6) is -0.572. The highest BCUT2D eigenvalue weighted by atomic mass is 79.9. The van der Waals surface area contributed by atoms with Crippen LogP contribution in [0.15, 0.2) is 42.7 Å². The van der Waals surface area contributed by atoms with Crippen molar-refractivity contribution in [3.8, 4) is 0 Å². The highest BCUT2D eigenvalue weighted by Gasteiger charge is 2.20. The topological polar surface area (TPSA) is 58.5 Å². The van der Waals surface area contributed by atoms with Gasteiger partial charge in [-0.05, 0) is 46.3 Å². The summed E-state index contributed by atoms with van der Waals surface area (Å²) in [6.45, 7) is 0. The summed E-state index contributed by atoms with van der Waals surface area (Å²) in [7, 11) is -1.65. The van der Waals surface area contributed by atoms with Crippen LogP contribution in [0.5, 0.6) is 0 Å². The minimum atomic E-state index is -3.04. The number of halogens is 3. The molecule has 4 nitrogen and oxygen atoms in total. The first-order chi connectivity index (χ1) is 9.85. The van der Waals surface area contributed by atoms with Gasteiger partial charge in [-0.15, -0.1) is 11.3 Å². The van der Waals surface area contributed by atoms with E-state index in [9.17, 15) is 9.00 Å². The van der Waals surface area contributed by atoms with Crippen LogP contribution in [0.25, 0.3) is 0 Å². The van der Waals surface area contributed by atoms with Crippen molar-refractivity contribution in [2.24, 2.45) is 4.36 Å². The van der Waals surface area contributed by atoms with Crippen molar-refractivity contribution in [1.82, 2.24) is 4.72 Å². The van der Waals surface area contributed by atoms with Gasteiger partial charge in [-0.3, -0.25) is 9.52 Å². The second-order valence-electron chi connectivity index (χ2n) is 3.82. The Morgan fingerprint density at radius 3 is 2.57 bits per heavy atom. The molecule has 1 amide bonds. The van der Waals surface area contributed by atoms with Gasteiger partial charge in [0.25, 0.3) is 5.91 Å². The summed E-state index contributed by atoms with van der Waals surface area (Å²) in [5.41, 5.74) is 0.188. The number of carbonyl (C=O) groups excluding carboxylic acids is 1. The summed E-state index contributed by atoms with van der Waals surface area (Å²) in [6, 6.07) is 7.85. The summed E-state index contributed by atoms with van der Waals surface area (Å²) >= 11 is 16.3. The molecule has 0 saturated carbocycles. The molecule has 0 aliphatic rings. The average Bonchev–Trinajstić information content (AvgIpc) is 2.85. The van der Waals surface area contributed by atoms with Crippen LogP contribution in [0.2, 0.25) is 10.0 Å². The lowest BCUT2D eigenvalue weighted by atomic mass is 10.2. The summed E-state index contributed by atoms with van der Waals surface area (Å²) in [5, 5.41) is 0.602. The molecule has 0 aliphatic heterocycles. The van der Waals surface area contributed by atoms with Gasteiger partial charge in [-0.2, -0.15) is 0 Å². The first-order valence-corrected chi connectivity index (χ1v) is 9.41. The highest BCUT2D eigenvalue weighted by Crippen LogP contribution is 2.27. The SMILES string of the molecule is CN=S(=O)(NC(=O)c1ccc(Cl)cc1Cl)c1ccc(Br)s1. The number of nitrogens with one attached hydrogen (secondary N) is 1. The van der Waals surface area contributed by atoms with E-state index in [0.717, 1.165) is 3.79 Å². The fraction of sp³-hybridized carbons (Fsp3) is 0.0833. The van der Waals surface area contributed by atoms with Crippen molar-refractivity contribution in [1.29, 1.82) is 0 Å². The summed E-state index contributed by atoms with van der Waals surface area (Å²) in [4.78, 5) is 12.2. The fourth-order valence-electron chi connectivity index (χ4n) is 1.49. The maximum absolute atomic E-state index is 12.8. The largest absolute Gasteiger partial charge is 0.268 e. The lowest BCUT2D eigenvalue weighted by molar-refractivity contribution is 0.0982. The number of hydrogen-bond acceptors (Lipinski definition) is 4. The molecule has 2 aromatic rings. The molecule has 1 aromatic heterocycles. The van der Waals surface area contributed by atoms with E-state index in [1.807, 2.05) is 0 Å². The normalized spacial score (nSPS) is 13.5. The Kier molecular flexibility index (Phi) is 5.32. The zero-order valence-corrected chi connectivity index (χ0v) is 15.3. The fourth-order valence-corrected chi connectivity index (χ4v) is 5.48. The molecule has 0 radical (unpaired) electrons. The molecule has 0 bridgehead atoms. The molecule has 0 saturated heterocycles. The molecular weight excluding hydrogens is 419 g/mol. The Balaban J connectivity index is 2.35. The van der Waals surface area contributed by atoms with Crippen molar-refractivity contribution in [3.63, 3.8) is 0 Å². The predicted octanol–water partition coefficient (Wildman–Crippen LogP) is 4.62. The first-order valence-electron chi connectivity index (χ1n) is 5.53. The Morgan fingerprint density at radius 1 is 1.33 bits per heavy atom. The van der Waals surface area contributed by atoms with E-state index in [1.165, 1.54) is 36.6 Å². The van der Waals surface area contributed by atoms with Gasteiger partial charge in [0, 0.05) is 12.1 Å². The lowest BCUT2D eigenvalue weighted by Crippen LogP contribution is -2.30. The molecule has 0 fully saturated rings. The highest BCUT2D eigenvalue weighted by molar-refractivity contribution is 9.11. The molecule has 21 heavy (non-hydrogen) atoms. The van der Waals surface area contributed by atoms with Crippen LogP contribution in [-0.4, -0.2) is 17.2 Å². The molecule has 0 aliphatic carbocycles. The maximum atomic E-state index is 12.8. The number of hydrogen-bond donors (Lipinski definition) is 1. The number of nitrogens with zero attached hydrogens (tertiary/aromatic N) is 1. The van der Waals surface area contributed by atoms with Crippen LogP contribution in [0.3, 0.4) is 0 Å². The van der Waals surface area contributed by atoms with Crippen LogP contribution >= 0.6 is 50.5 Å². The van der Waals surface area contributed by atoms with Crippen molar-refractivity contribution in [2.75, 3.05) is 7.05 Å². The van der Waals surface area contributed by atoms with Gasteiger partial charge in [-0.1, -0.05) is 23.2 Å². The molecule has 0 spiro atoms. The van der Waals surface area contributed by atoms with Gasteiger partial charge in [0.15, 0.2) is 9.92 Å². The molecule has 112 valence electrons. The monoisotopic (exact) mass is 426 g/mol. The summed E-state index contributed by atoms with van der Waals surface area (Å²) < 4.78 is 20.3. The first kappa shape index (κ1) is 16.8. The predicted molar refractivity (Wildman–Crippen MR) is 90.7 cm³/mol. The third-order valence-electron chi connectivity index (χ3n) is 2.49. The van der Waals surface area contributed by atoms with Crippen molar-refractivity contribution in [2.45, 2.75) is 4.21 Å². The van der Waals surface area contributed by atoms with Gasteiger partial charge in [0.2, 0.25) is 0 Å². The Morgan fingerprint density at radius 2 is 2.05 bits per heavy atom. The second kappa shape index (κ2) is 6.66. The molecular formula is C12H9BrCl2N2O2S2. The molecule has 1 N–H and O–H groups in total. The van der Waals surface area contributed by atoms with Crippen molar-refractivity contribution < 1.29 is 9.00 Å². The van der Waals surface area contributed by atoms with Crippen molar-refractivity contribution in [3.05, 3.63) is 49.7 Å². The number of benzene rings is 1. The molecule has 2 rings (SSSR count). The zero-order valence-electron chi connectivity index (χ0n) is 10.6. The van der Waals surface area contributed by atoms with Gasteiger partial charge in [-0.25, -0.2) is 8.57 Å². The number of carbonyl (C=O) groups is 1. The van der Waals surface area contributed by atoms with E-state index >= 15 is 0 Å². The summed E-state index contributed by atoms with van der Waals surface area (Å²) in [6.07, 6.45) is 0. The van der Waals surface area contributed by atoms with E-state index in [4.69, 9.17) is 23.2 Å². The second-order valence-corrected chi connectivity index (χ2v) is 9.45. The third-order valence-corrected chi connectivity index (χ3v) is 7.04. The van der Waals surface area contributed by atoms with Gasteiger partial charge >= 0.3 is 0 Å². The van der Waals surface area contributed by atoms with Crippen LogP contribution in [0.4, 0.5) is 0 Å². The van der Waals surface area contributed by atoms with Gasteiger partial charge in [0.1, 0.15) is 4.21 Å². The van der Waals surface area contributed by atoms with E-state index in [1.54, 1.807) is 12.1 Å². The molecule has 1 unspecified atom stereocenters. The molecule has 1 heterocycles. The molecule has 1 aromatic carbocycles. The van der Waals surface area contributed by atoms with Crippen LogP contribution < -0.4 is 4.72 Å². The Hall–Kier alpha value is -0.600. The molecule has 9 heteroatoms. The van der Waals surface area contributed by atoms with E-state index < -0.39 is 15.8 Å². The van der Waals surface area contributed by atoms with Crippen molar-refractivity contribution >= 4 is 66.3 Å².